The van der Waals surface area contributed by atoms with Crippen LogP contribution in [0.5, 0.6) is 0 Å². The van der Waals surface area contributed by atoms with Crippen LogP contribution in [-0.4, -0.2) is 48.4 Å². The van der Waals surface area contributed by atoms with Crippen LogP contribution in [0.1, 0.15) is 97.8 Å². The van der Waals surface area contributed by atoms with Crippen molar-refractivity contribution in [3.63, 3.8) is 0 Å². The maximum Gasteiger partial charge on any atom is 0.222 e. The van der Waals surface area contributed by atoms with Crippen molar-refractivity contribution in [2.75, 3.05) is 32.7 Å². The minimum absolute atomic E-state index is 0.368. The van der Waals surface area contributed by atoms with E-state index in [1.54, 1.807) is 0 Å². The quantitative estimate of drug-likeness (QED) is 0.386. The number of unbranched alkanes of at least 4 members (excludes halogenated alkanes) is 9. The molecule has 3 nitrogen and oxygen atoms in total. The summed E-state index contributed by atoms with van der Waals surface area (Å²) >= 11 is 0. The van der Waals surface area contributed by atoms with E-state index in [9.17, 15) is 4.79 Å². The van der Waals surface area contributed by atoms with Crippen LogP contribution in [0, 0.1) is 5.92 Å². The number of hydrogen-bond acceptors (Lipinski definition) is 2. The lowest BCUT2D eigenvalue weighted by molar-refractivity contribution is -0.133. The first-order chi connectivity index (χ1) is 12.1. The number of carbonyl (C=O) groups excluding carboxylic acids is 1. The van der Waals surface area contributed by atoms with Crippen LogP contribution in [0.3, 0.4) is 0 Å². The maximum absolute atomic E-state index is 12.2. The van der Waals surface area contributed by atoms with Crippen molar-refractivity contribution in [3.8, 4) is 0 Å². The summed E-state index contributed by atoms with van der Waals surface area (Å²) in [5.74, 6) is 0.994. The lowest BCUT2D eigenvalue weighted by Gasteiger charge is -2.35. The van der Waals surface area contributed by atoms with E-state index >= 15 is 0 Å². The molecule has 1 rings (SSSR count). The molecule has 1 aliphatic heterocycles. The third kappa shape index (κ3) is 11.6. The SMILES string of the molecule is CCCCCCCCCCCCN1CCN(C(=O)CCC(C)C)CC1. The van der Waals surface area contributed by atoms with Gasteiger partial charge in [0.15, 0.2) is 0 Å². The lowest BCUT2D eigenvalue weighted by Crippen LogP contribution is -2.48. The van der Waals surface area contributed by atoms with E-state index in [2.05, 4.69) is 30.6 Å². The molecule has 0 unspecified atom stereocenters. The van der Waals surface area contributed by atoms with E-state index in [0.717, 1.165) is 39.0 Å². The number of amides is 1. The average molecular weight is 353 g/mol. The Hall–Kier alpha value is -0.570. The van der Waals surface area contributed by atoms with Crippen LogP contribution < -0.4 is 0 Å². The van der Waals surface area contributed by atoms with Crippen LogP contribution in [0.2, 0.25) is 0 Å². The lowest BCUT2D eigenvalue weighted by atomic mass is 10.1. The summed E-state index contributed by atoms with van der Waals surface area (Å²) in [5, 5.41) is 0. The van der Waals surface area contributed by atoms with Crippen molar-refractivity contribution in [2.24, 2.45) is 5.92 Å². The normalized spacial score (nSPS) is 15.9. The fourth-order valence-electron chi connectivity index (χ4n) is 3.61. The van der Waals surface area contributed by atoms with Gasteiger partial charge in [0.25, 0.3) is 0 Å². The smallest absolute Gasteiger partial charge is 0.222 e. The third-order valence-corrected chi connectivity index (χ3v) is 5.49. The Balaban J connectivity index is 1.93. The zero-order valence-corrected chi connectivity index (χ0v) is 17.4. The Labute approximate surface area is 157 Å². The van der Waals surface area contributed by atoms with Crippen LogP contribution in [-0.2, 0) is 4.79 Å². The zero-order chi connectivity index (χ0) is 18.3. The molecule has 0 radical (unpaired) electrons. The summed E-state index contributed by atoms with van der Waals surface area (Å²) in [6.45, 7) is 11.9. The van der Waals surface area contributed by atoms with Gasteiger partial charge in [0.2, 0.25) is 5.91 Å². The highest BCUT2D eigenvalue weighted by Crippen LogP contribution is 2.12. The van der Waals surface area contributed by atoms with E-state index in [1.165, 1.54) is 70.8 Å². The first-order valence-corrected chi connectivity index (χ1v) is 11.1. The number of piperazine rings is 1. The Morgan fingerprint density at radius 3 is 1.84 bits per heavy atom. The molecule has 0 N–H and O–H groups in total. The molecule has 0 aromatic rings. The van der Waals surface area contributed by atoms with Gasteiger partial charge in [-0.1, -0.05) is 78.6 Å². The molecule has 0 bridgehead atoms. The molecule has 0 aromatic heterocycles. The largest absolute Gasteiger partial charge is 0.340 e. The summed E-state index contributed by atoms with van der Waals surface area (Å²) in [4.78, 5) is 16.8. The maximum atomic E-state index is 12.2. The summed E-state index contributed by atoms with van der Waals surface area (Å²) in [5.41, 5.74) is 0. The van der Waals surface area contributed by atoms with Gasteiger partial charge in [-0.15, -0.1) is 0 Å². The van der Waals surface area contributed by atoms with Crippen molar-refractivity contribution >= 4 is 5.91 Å². The van der Waals surface area contributed by atoms with E-state index < -0.39 is 0 Å². The second kappa shape index (κ2) is 14.6. The summed E-state index contributed by atoms with van der Waals surface area (Å²) in [7, 11) is 0. The molecule has 3 heteroatoms. The fraction of sp³-hybridized carbons (Fsp3) is 0.955. The standard InChI is InChI=1S/C22H44N2O/c1-4-5-6-7-8-9-10-11-12-13-16-23-17-19-24(20-18-23)22(25)15-14-21(2)3/h21H,4-20H2,1-3H3. The number of rotatable bonds is 14. The molecule has 0 saturated carbocycles. The molecule has 148 valence electrons. The summed E-state index contributed by atoms with van der Waals surface area (Å²) in [6.07, 6.45) is 15.8. The molecular formula is C22H44N2O. The second-order valence-electron chi connectivity index (χ2n) is 8.34. The van der Waals surface area contributed by atoms with E-state index in [0.29, 0.717) is 11.8 Å². The molecule has 25 heavy (non-hydrogen) atoms. The van der Waals surface area contributed by atoms with Gasteiger partial charge >= 0.3 is 0 Å². The van der Waals surface area contributed by atoms with Gasteiger partial charge < -0.3 is 4.90 Å². The second-order valence-corrected chi connectivity index (χ2v) is 8.34. The molecule has 1 aliphatic rings. The molecule has 0 aromatic carbocycles. The average Bonchev–Trinajstić information content (AvgIpc) is 2.61. The predicted molar refractivity (Wildman–Crippen MR) is 109 cm³/mol. The molecule has 1 fully saturated rings. The first kappa shape index (κ1) is 22.5. The van der Waals surface area contributed by atoms with E-state index in [1.807, 2.05) is 0 Å². The Morgan fingerprint density at radius 1 is 0.800 bits per heavy atom. The summed E-state index contributed by atoms with van der Waals surface area (Å²) in [6, 6.07) is 0. The van der Waals surface area contributed by atoms with Gasteiger partial charge in [-0.3, -0.25) is 9.69 Å². The van der Waals surface area contributed by atoms with Gasteiger partial charge in [0.05, 0.1) is 0 Å². The highest BCUT2D eigenvalue weighted by Gasteiger charge is 2.20. The Kier molecular flexibility index (Phi) is 13.1. The molecule has 0 spiro atoms. The molecule has 1 saturated heterocycles. The van der Waals surface area contributed by atoms with E-state index in [-0.39, 0.29) is 0 Å². The predicted octanol–water partition coefficient (Wildman–Crippen LogP) is 5.49. The number of hydrogen-bond donors (Lipinski definition) is 0. The Bertz CT molecular complexity index is 322. The molecule has 0 atom stereocenters. The fourth-order valence-corrected chi connectivity index (χ4v) is 3.61. The highest BCUT2D eigenvalue weighted by molar-refractivity contribution is 5.76. The minimum Gasteiger partial charge on any atom is -0.340 e. The number of carbonyl (C=O) groups is 1. The topological polar surface area (TPSA) is 23.6 Å². The van der Waals surface area contributed by atoms with Crippen LogP contribution in [0.15, 0.2) is 0 Å². The van der Waals surface area contributed by atoms with Gasteiger partial charge in [-0.25, -0.2) is 0 Å². The van der Waals surface area contributed by atoms with Crippen molar-refractivity contribution in [3.05, 3.63) is 0 Å². The van der Waals surface area contributed by atoms with E-state index in [4.69, 9.17) is 0 Å². The minimum atomic E-state index is 0.368. The molecular weight excluding hydrogens is 308 g/mol. The van der Waals surface area contributed by atoms with Crippen LogP contribution >= 0.6 is 0 Å². The highest BCUT2D eigenvalue weighted by atomic mass is 16.2. The van der Waals surface area contributed by atoms with Crippen molar-refractivity contribution in [2.45, 2.75) is 97.8 Å². The van der Waals surface area contributed by atoms with Crippen LogP contribution in [0.25, 0.3) is 0 Å². The monoisotopic (exact) mass is 352 g/mol. The van der Waals surface area contributed by atoms with Gasteiger partial charge in [-0.05, 0) is 25.3 Å². The molecule has 1 amide bonds. The van der Waals surface area contributed by atoms with Gasteiger partial charge in [0.1, 0.15) is 0 Å². The van der Waals surface area contributed by atoms with Crippen LogP contribution in [0.4, 0.5) is 0 Å². The van der Waals surface area contributed by atoms with Gasteiger partial charge in [0, 0.05) is 32.6 Å². The van der Waals surface area contributed by atoms with Crippen molar-refractivity contribution in [1.82, 2.24) is 9.80 Å². The van der Waals surface area contributed by atoms with Crippen molar-refractivity contribution < 1.29 is 4.79 Å². The Morgan fingerprint density at radius 2 is 1.32 bits per heavy atom. The van der Waals surface area contributed by atoms with Gasteiger partial charge in [-0.2, -0.15) is 0 Å². The van der Waals surface area contributed by atoms with Crippen molar-refractivity contribution in [1.29, 1.82) is 0 Å². The molecule has 0 aliphatic carbocycles. The first-order valence-electron chi connectivity index (χ1n) is 11.1. The summed E-state index contributed by atoms with van der Waals surface area (Å²) < 4.78 is 0. The number of nitrogens with zero attached hydrogens (tertiary/aromatic N) is 2. The molecule has 1 heterocycles. The third-order valence-electron chi connectivity index (χ3n) is 5.49. The zero-order valence-electron chi connectivity index (χ0n) is 17.4.